The van der Waals surface area contributed by atoms with Crippen LogP contribution < -0.4 is 4.74 Å². The standard InChI is InChI=1S/C14H20O2/c1-14(2,3)12-7-6-11(8-13(12)15)16-9-10-4-5-10/h6-8,10,15H,4-5,9H2,1-3H3. The van der Waals surface area contributed by atoms with Gasteiger partial charge in [0, 0.05) is 6.07 Å². The van der Waals surface area contributed by atoms with E-state index in [0.717, 1.165) is 23.8 Å². The van der Waals surface area contributed by atoms with Crippen LogP contribution in [0, 0.1) is 5.92 Å². The maximum Gasteiger partial charge on any atom is 0.123 e. The molecule has 16 heavy (non-hydrogen) atoms. The minimum atomic E-state index is -0.0287. The van der Waals surface area contributed by atoms with Gasteiger partial charge in [-0.15, -0.1) is 0 Å². The fourth-order valence-electron chi connectivity index (χ4n) is 1.73. The second-order valence-electron chi connectivity index (χ2n) is 5.68. The van der Waals surface area contributed by atoms with Gasteiger partial charge in [0.15, 0.2) is 0 Å². The third kappa shape index (κ3) is 2.69. The van der Waals surface area contributed by atoms with Crippen molar-refractivity contribution in [2.24, 2.45) is 5.92 Å². The van der Waals surface area contributed by atoms with E-state index in [9.17, 15) is 5.11 Å². The lowest BCUT2D eigenvalue weighted by molar-refractivity contribution is 0.297. The largest absolute Gasteiger partial charge is 0.508 e. The van der Waals surface area contributed by atoms with Crippen LogP contribution in [0.1, 0.15) is 39.2 Å². The third-order valence-electron chi connectivity index (χ3n) is 2.96. The maximum atomic E-state index is 9.93. The number of hydrogen-bond acceptors (Lipinski definition) is 2. The summed E-state index contributed by atoms with van der Waals surface area (Å²) < 4.78 is 5.62. The Morgan fingerprint density at radius 3 is 2.50 bits per heavy atom. The monoisotopic (exact) mass is 220 g/mol. The van der Waals surface area contributed by atoms with Crippen molar-refractivity contribution < 1.29 is 9.84 Å². The summed E-state index contributed by atoms with van der Waals surface area (Å²) >= 11 is 0. The molecule has 0 heterocycles. The molecule has 0 aliphatic heterocycles. The van der Waals surface area contributed by atoms with Crippen molar-refractivity contribution in [3.63, 3.8) is 0 Å². The summed E-state index contributed by atoms with van der Waals surface area (Å²) in [6.07, 6.45) is 2.57. The smallest absolute Gasteiger partial charge is 0.123 e. The van der Waals surface area contributed by atoms with E-state index < -0.39 is 0 Å². The van der Waals surface area contributed by atoms with Gasteiger partial charge in [0.2, 0.25) is 0 Å². The van der Waals surface area contributed by atoms with E-state index in [0.29, 0.717) is 5.75 Å². The lowest BCUT2D eigenvalue weighted by Crippen LogP contribution is -2.11. The van der Waals surface area contributed by atoms with Crippen LogP contribution in [0.25, 0.3) is 0 Å². The molecule has 0 bridgehead atoms. The molecule has 88 valence electrons. The molecule has 1 N–H and O–H groups in total. The van der Waals surface area contributed by atoms with E-state index in [-0.39, 0.29) is 5.41 Å². The second kappa shape index (κ2) is 4.00. The molecular formula is C14H20O2. The van der Waals surface area contributed by atoms with Crippen LogP contribution in [0.4, 0.5) is 0 Å². The molecule has 1 aliphatic carbocycles. The molecule has 1 aliphatic rings. The van der Waals surface area contributed by atoms with Crippen molar-refractivity contribution in [3.8, 4) is 11.5 Å². The Kier molecular flexibility index (Phi) is 2.83. The summed E-state index contributed by atoms with van der Waals surface area (Å²) in [6, 6.07) is 5.63. The van der Waals surface area contributed by atoms with Gasteiger partial charge in [-0.2, -0.15) is 0 Å². The summed E-state index contributed by atoms with van der Waals surface area (Å²) in [5, 5.41) is 9.93. The van der Waals surface area contributed by atoms with Crippen LogP contribution >= 0.6 is 0 Å². The molecule has 2 nitrogen and oxygen atoms in total. The maximum absolute atomic E-state index is 9.93. The van der Waals surface area contributed by atoms with E-state index >= 15 is 0 Å². The molecule has 0 atom stereocenters. The predicted molar refractivity (Wildman–Crippen MR) is 65.0 cm³/mol. The Bertz CT molecular complexity index is 373. The normalized spacial score (nSPS) is 16.2. The lowest BCUT2D eigenvalue weighted by Gasteiger charge is -2.20. The number of aromatic hydroxyl groups is 1. The summed E-state index contributed by atoms with van der Waals surface area (Å²) in [6.45, 7) is 7.06. The average Bonchev–Trinajstić information content (AvgIpc) is 2.96. The number of hydrogen-bond donors (Lipinski definition) is 1. The fraction of sp³-hybridized carbons (Fsp3) is 0.571. The summed E-state index contributed by atoms with van der Waals surface area (Å²) in [5.74, 6) is 1.85. The predicted octanol–water partition coefficient (Wildman–Crippen LogP) is 3.48. The molecule has 0 spiro atoms. The number of rotatable bonds is 3. The zero-order valence-corrected chi connectivity index (χ0v) is 10.3. The topological polar surface area (TPSA) is 29.5 Å². The molecular weight excluding hydrogens is 200 g/mol. The zero-order chi connectivity index (χ0) is 11.8. The molecule has 2 rings (SSSR count). The SMILES string of the molecule is CC(C)(C)c1ccc(OCC2CC2)cc1O. The number of phenols is 1. The minimum absolute atomic E-state index is 0.0287. The second-order valence-corrected chi connectivity index (χ2v) is 5.68. The molecule has 0 radical (unpaired) electrons. The van der Waals surface area contributed by atoms with Crippen LogP contribution in [0.15, 0.2) is 18.2 Å². The van der Waals surface area contributed by atoms with Gasteiger partial charge in [-0.25, -0.2) is 0 Å². The van der Waals surface area contributed by atoms with E-state index in [4.69, 9.17) is 4.74 Å². The highest BCUT2D eigenvalue weighted by atomic mass is 16.5. The highest BCUT2D eigenvalue weighted by Gasteiger charge is 2.22. The van der Waals surface area contributed by atoms with E-state index in [2.05, 4.69) is 20.8 Å². The van der Waals surface area contributed by atoms with Gasteiger partial charge in [-0.3, -0.25) is 0 Å². The highest BCUT2D eigenvalue weighted by molar-refractivity contribution is 5.43. The minimum Gasteiger partial charge on any atom is -0.508 e. The lowest BCUT2D eigenvalue weighted by atomic mass is 9.86. The molecule has 0 saturated heterocycles. The highest BCUT2D eigenvalue weighted by Crippen LogP contribution is 2.34. The molecule has 0 unspecified atom stereocenters. The van der Waals surface area contributed by atoms with E-state index in [1.54, 1.807) is 6.07 Å². The van der Waals surface area contributed by atoms with Crippen LogP contribution in [0.5, 0.6) is 11.5 Å². The number of phenolic OH excluding ortho intramolecular Hbond substituents is 1. The molecule has 2 heteroatoms. The molecule has 1 aromatic carbocycles. The van der Waals surface area contributed by atoms with Gasteiger partial charge in [0.1, 0.15) is 11.5 Å². The molecule has 0 aromatic heterocycles. The van der Waals surface area contributed by atoms with E-state index in [1.165, 1.54) is 12.8 Å². The summed E-state index contributed by atoms with van der Waals surface area (Å²) in [7, 11) is 0. The third-order valence-corrected chi connectivity index (χ3v) is 2.96. The van der Waals surface area contributed by atoms with Gasteiger partial charge >= 0.3 is 0 Å². The van der Waals surface area contributed by atoms with Crippen LogP contribution in [-0.4, -0.2) is 11.7 Å². The Morgan fingerprint density at radius 2 is 2.00 bits per heavy atom. The first-order chi connectivity index (χ1) is 7.47. The summed E-state index contributed by atoms with van der Waals surface area (Å²) in [4.78, 5) is 0. The molecule has 1 aromatic rings. The van der Waals surface area contributed by atoms with E-state index in [1.807, 2.05) is 12.1 Å². The fourth-order valence-corrected chi connectivity index (χ4v) is 1.73. The Morgan fingerprint density at radius 1 is 1.31 bits per heavy atom. The van der Waals surface area contributed by atoms with Crippen molar-refractivity contribution in [1.82, 2.24) is 0 Å². The first-order valence-corrected chi connectivity index (χ1v) is 5.93. The number of ether oxygens (including phenoxy) is 1. The first-order valence-electron chi connectivity index (χ1n) is 5.93. The van der Waals surface area contributed by atoms with Crippen molar-refractivity contribution >= 4 is 0 Å². The number of benzene rings is 1. The molecule has 1 fully saturated rings. The van der Waals surface area contributed by atoms with Crippen molar-refractivity contribution in [2.45, 2.75) is 39.0 Å². The summed E-state index contributed by atoms with van der Waals surface area (Å²) in [5.41, 5.74) is 0.935. The molecule has 1 saturated carbocycles. The molecule has 0 amide bonds. The van der Waals surface area contributed by atoms with Gasteiger partial charge in [-0.05, 0) is 35.8 Å². The van der Waals surface area contributed by atoms with Gasteiger partial charge in [-0.1, -0.05) is 26.8 Å². The first kappa shape index (κ1) is 11.3. The van der Waals surface area contributed by atoms with Crippen LogP contribution in [0.3, 0.4) is 0 Å². The van der Waals surface area contributed by atoms with Crippen molar-refractivity contribution in [3.05, 3.63) is 23.8 Å². The average molecular weight is 220 g/mol. The Balaban J connectivity index is 2.08. The van der Waals surface area contributed by atoms with Crippen molar-refractivity contribution in [1.29, 1.82) is 0 Å². The van der Waals surface area contributed by atoms with Gasteiger partial charge < -0.3 is 9.84 Å². The van der Waals surface area contributed by atoms with Crippen LogP contribution in [-0.2, 0) is 5.41 Å². The Hall–Kier alpha value is -1.18. The van der Waals surface area contributed by atoms with Crippen molar-refractivity contribution in [2.75, 3.05) is 6.61 Å². The van der Waals surface area contributed by atoms with Gasteiger partial charge in [0.25, 0.3) is 0 Å². The quantitative estimate of drug-likeness (QED) is 0.845. The van der Waals surface area contributed by atoms with Gasteiger partial charge in [0.05, 0.1) is 6.61 Å². The Labute approximate surface area is 97.3 Å². The van der Waals surface area contributed by atoms with Crippen LogP contribution in [0.2, 0.25) is 0 Å². The zero-order valence-electron chi connectivity index (χ0n) is 10.3.